The normalized spacial score (nSPS) is 16.1. The Labute approximate surface area is 166 Å². The van der Waals surface area contributed by atoms with E-state index in [-0.39, 0.29) is 5.97 Å². The molecule has 5 nitrogen and oxygen atoms in total. The third kappa shape index (κ3) is 4.36. The van der Waals surface area contributed by atoms with E-state index in [0.29, 0.717) is 13.0 Å². The van der Waals surface area contributed by atoms with Crippen LogP contribution in [0.3, 0.4) is 0 Å². The van der Waals surface area contributed by atoms with E-state index in [9.17, 15) is 4.79 Å². The van der Waals surface area contributed by atoms with Crippen molar-refractivity contribution in [3.05, 3.63) is 58.3 Å². The highest BCUT2D eigenvalue weighted by atomic mass is 16.5. The second-order valence-electron chi connectivity index (χ2n) is 7.49. The third-order valence-corrected chi connectivity index (χ3v) is 5.54. The van der Waals surface area contributed by atoms with E-state index >= 15 is 0 Å². The molecule has 28 heavy (non-hydrogen) atoms. The Bertz CT molecular complexity index is 826. The minimum Gasteiger partial charge on any atom is -0.466 e. The van der Waals surface area contributed by atoms with Gasteiger partial charge < -0.3 is 14.4 Å². The average molecular weight is 380 g/mol. The van der Waals surface area contributed by atoms with Crippen molar-refractivity contribution in [1.82, 2.24) is 4.98 Å². The van der Waals surface area contributed by atoms with Crippen LogP contribution < -0.4 is 4.90 Å². The molecule has 1 saturated heterocycles. The topological polar surface area (TPSA) is 51.7 Å². The molecule has 0 N–H and O–H groups in total. The molecule has 4 rings (SSSR count). The Balaban J connectivity index is 1.52. The summed E-state index contributed by atoms with van der Waals surface area (Å²) in [5.41, 5.74) is 6.37. The highest BCUT2D eigenvalue weighted by molar-refractivity contribution is 5.72. The monoisotopic (exact) mass is 380 g/mol. The Hall–Kier alpha value is -2.40. The predicted molar refractivity (Wildman–Crippen MR) is 109 cm³/mol. The Kier molecular flexibility index (Phi) is 5.91. The lowest BCUT2D eigenvalue weighted by molar-refractivity contribution is -0.142. The number of nitrogens with zero attached hydrogens (tertiary/aromatic N) is 2. The molecule has 1 aliphatic carbocycles. The highest BCUT2D eigenvalue weighted by Crippen LogP contribution is 2.29. The van der Waals surface area contributed by atoms with Gasteiger partial charge in [0.25, 0.3) is 0 Å². The lowest BCUT2D eigenvalue weighted by atomic mass is 9.98. The molecule has 5 heteroatoms. The molecule has 2 aromatic rings. The van der Waals surface area contributed by atoms with Crippen molar-refractivity contribution in [3.8, 4) is 0 Å². The van der Waals surface area contributed by atoms with Crippen LogP contribution in [0.5, 0.6) is 0 Å². The molecule has 0 saturated carbocycles. The maximum atomic E-state index is 11.7. The molecule has 148 valence electrons. The molecular weight excluding hydrogens is 352 g/mol. The number of aryl methyl sites for hydroxylation is 1. The van der Waals surface area contributed by atoms with Crippen LogP contribution in [0.1, 0.15) is 41.3 Å². The number of esters is 1. The number of ether oxygens (including phenoxy) is 2. The number of carbonyl (C=O) groups is 1. The number of fused-ring (bicyclic) bond motifs is 1. The van der Waals surface area contributed by atoms with Gasteiger partial charge in [0, 0.05) is 18.8 Å². The fraction of sp³-hybridized carbons (Fsp3) is 0.478. The van der Waals surface area contributed by atoms with Crippen LogP contribution in [0, 0.1) is 0 Å². The minimum atomic E-state index is -0.169. The number of carbonyl (C=O) groups excluding carboxylic acids is 1. The van der Waals surface area contributed by atoms with Gasteiger partial charge in [0.05, 0.1) is 26.2 Å². The molecule has 0 bridgehead atoms. The van der Waals surface area contributed by atoms with Crippen molar-refractivity contribution in [2.45, 2.75) is 39.0 Å². The van der Waals surface area contributed by atoms with E-state index in [0.717, 1.165) is 56.9 Å². The third-order valence-electron chi connectivity index (χ3n) is 5.54. The van der Waals surface area contributed by atoms with Gasteiger partial charge in [-0.25, -0.2) is 4.98 Å². The zero-order valence-electron chi connectivity index (χ0n) is 16.6. The molecule has 0 atom stereocenters. The maximum Gasteiger partial charge on any atom is 0.310 e. The van der Waals surface area contributed by atoms with Crippen molar-refractivity contribution in [2.75, 3.05) is 37.8 Å². The maximum absolute atomic E-state index is 11.7. The molecule has 1 aromatic carbocycles. The first-order valence-corrected chi connectivity index (χ1v) is 10.3. The van der Waals surface area contributed by atoms with Crippen LogP contribution in [0.2, 0.25) is 0 Å². The number of hydrogen-bond acceptors (Lipinski definition) is 5. The molecule has 2 aliphatic rings. The Morgan fingerprint density at radius 2 is 1.89 bits per heavy atom. The fourth-order valence-electron chi connectivity index (χ4n) is 4.10. The predicted octanol–water partition coefficient (Wildman–Crippen LogP) is 3.10. The summed E-state index contributed by atoms with van der Waals surface area (Å²) in [4.78, 5) is 19.0. The van der Waals surface area contributed by atoms with Gasteiger partial charge in [0.15, 0.2) is 0 Å². The van der Waals surface area contributed by atoms with Gasteiger partial charge in [0.2, 0.25) is 0 Å². The smallest absolute Gasteiger partial charge is 0.310 e. The Morgan fingerprint density at radius 3 is 2.64 bits per heavy atom. The van der Waals surface area contributed by atoms with Crippen molar-refractivity contribution < 1.29 is 14.3 Å². The van der Waals surface area contributed by atoms with Gasteiger partial charge in [-0.05, 0) is 60.9 Å². The average Bonchev–Trinajstić information content (AvgIpc) is 3.19. The first-order valence-electron chi connectivity index (χ1n) is 10.3. The zero-order valence-corrected chi connectivity index (χ0v) is 16.6. The molecule has 0 radical (unpaired) electrons. The lowest BCUT2D eigenvalue weighted by Gasteiger charge is -2.29. The molecule has 2 heterocycles. The lowest BCUT2D eigenvalue weighted by Crippen LogP contribution is -2.37. The summed E-state index contributed by atoms with van der Waals surface area (Å²) < 4.78 is 10.5. The fourth-order valence-corrected chi connectivity index (χ4v) is 4.10. The minimum absolute atomic E-state index is 0.169. The van der Waals surface area contributed by atoms with Crippen LogP contribution >= 0.6 is 0 Å². The van der Waals surface area contributed by atoms with Crippen molar-refractivity contribution in [1.29, 1.82) is 0 Å². The summed E-state index contributed by atoms with van der Waals surface area (Å²) in [5.74, 6) is 0.926. The first-order chi connectivity index (χ1) is 13.7. The number of aromatic nitrogens is 1. The number of anilines is 1. The van der Waals surface area contributed by atoms with E-state index in [1.807, 2.05) is 19.1 Å². The number of hydrogen-bond donors (Lipinski definition) is 0. The zero-order chi connectivity index (χ0) is 19.3. The first kappa shape index (κ1) is 18.9. The summed E-state index contributed by atoms with van der Waals surface area (Å²) in [5, 5.41) is 0. The summed E-state index contributed by atoms with van der Waals surface area (Å²) in [6.45, 7) is 5.63. The number of benzene rings is 1. The van der Waals surface area contributed by atoms with E-state index in [2.05, 4.69) is 23.1 Å². The van der Waals surface area contributed by atoms with Gasteiger partial charge in [-0.1, -0.05) is 24.3 Å². The van der Waals surface area contributed by atoms with Crippen molar-refractivity contribution in [3.63, 3.8) is 0 Å². The van der Waals surface area contributed by atoms with E-state index in [1.54, 1.807) is 0 Å². The van der Waals surface area contributed by atoms with Crippen LogP contribution in [0.4, 0.5) is 5.82 Å². The van der Waals surface area contributed by atoms with E-state index < -0.39 is 0 Å². The van der Waals surface area contributed by atoms with Crippen molar-refractivity contribution >= 4 is 11.8 Å². The molecule has 1 aliphatic heterocycles. The Morgan fingerprint density at radius 1 is 1.14 bits per heavy atom. The molecule has 1 aromatic heterocycles. The molecule has 0 amide bonds. The highest BCUT2D eigenvalue weighted by Gasteiger charge is 2.21. The SMILES string of the molecule is CCOC(=O)Cc1ccc(Cc2cc(N3CCOCC3)nc3c2CCC3)cc1. The summed E-state index contributed by atoms with van der Waals surface area (Å²) in [7, 11) is 0. The summed E-state index contributed by atoms with van der Waals surface area (Å²) in [6.07, 6.45) is 4.64. The molecule has 1 fully saturated rings. The van der Waals surface area contributed by atoms with Gasteiger partial charge in [-0.15, -0.1) is 0 Å². The molecule has 0 unspecified atom stereocenters. The molecule has 0 spiro atoms. The number of rotatable bonds is 6. The largest absolute Gasteiger partial charge is 0.466 e. The quantitative estimate of drug-likeness (QED) is 0.721. The van der Waals surface area contributed by atoms with Crippen LogP contribution in [-0.2, 0) is 40.0 Å². The summed E-state index contributed by atoms with van der Waals surface area (Å²) in [6, 6.07) is 10.6. The second kappa shape index (κ2) is 8.74. The number of morpholine rings is 1. The molecular formula is C23H28N2O3. The van der Waals surface area contributed by atoms with Gasteiger partial charge in [-0.3, -0.25) is 4.79 Å². The van der Waals surface area contributed by atoms with Crippen LogP contribution in [-0.4, -0.2) is 43.9 Å². The van der Waals surface area contributed by atoms with Crippen LogP contribution in [0.25, 0.3) is 0 Å². The van der Waals surface area contributed by atoms with Gasteiger partial charge in [-0.2, -0.15) is 0 Å². The van der Waals surface area contributed by atoms with Crippen molar-refractivity contribution in [2.24, 2.45) is 0 Å². The standard InChI is InChI=1S/C23H28N2O3/c1-2-28-23(26)15-18-8-6-17(7-9-18)14-19-16-22(25-10-12-27-13-11-25)24-21-5-3-4-20(19)21/h6-9,16H,2-5,10-15H2,1H3. The van der Waals surface area contributed by atoms with E-state index in [4.69, 9.17) is 14.5 Å². The van der Waals surface area contributed by atoms with Gasteiger partial charge in [0.1, 0.15) is 5.82 Å². The van der Waals surface area contributed by atoms with Gasteiger partial charge >= 0.3 is 5.97 Å². The second-order valence-corrected chi connectivity index (χ2v) is 7.49. The summed E-state index contributed by atoms with van der Waals surface area (Å²) >= 11 is 0. The van der Waals surface area contributed by atoms with Crippen LogP contribution in [0.15, 0.2) is 30.3 Å². The van der Waals surface area contributed by atoms with E-state index in [1.165, 1.54) is 28.8 Å². The number of pyridine rings is 1.